The molecule has 2 nitrogen and oxygen atoms in total. The molecule has 0 amide bonds. The molecule has 5 heteroatoms. The van der Waals surface area contributed by atoms with E-state index in [1.165, 1.54) is 0 Å². The Morgan fingerprint density at radius 2 is 1.79 bits per heavy atom. The van der Waals surface area contributed by atoms with E-state index in [-0.39, 0.29) is 6.54 Å². The van der Waals surface area contributed by atoms with Crippen LogP contribution >= 0.6 is 0 Å². The van der Waals surface area contributed by atoms with Gasteiger partial charge in [-0.2, -0.15) is 13.2 Å². The summed E-state index contributed by atoms with van der Waals surface area (Å²) in [5.41, 5.74) is -0.686. The predicted molar refractivity (Wildman–Crippen MR) is 47.0 cm³/mol. The number of likely N-dealkylation sites (tertiary alicyclic amines) is 1. The molecule has 1 saturated heterocycles. The van der Waals surface area contributed by atoms with Crippen molar-refractivity contribution >= 4 is 0 Å². The van der Waals surface area contributed by atoms with Crippen LogP contribution in [0.25, 0.3) is 0 Å². The van der Waals surface area contributed by atoms with Gasteiger partial charge in [-0.25, -0.2) is 0 Å². The lowest BCUT2D eigenvalue weighted by molar-refractivity contribution is -0.139. The fourth-order valence-corrected chi connectivity index (χ4v) is 1.54. The standard InChI is InChI=1S/C9H16F3NO/c1-8(14)2-5-13(6-3-8)7-4-9(10,11)12/h14H,2-7H2,1H3. The molecule has 0 unspecified atom stereocenters. The summed E-state index contributed by atoms with van der Waals surface area (Å²) in [6.45, 7) is 2.90. The first kappa shape index (κ1) is 11.8. The zero-order valence-electron chi connectivity index (χ0n) is 8.27. The molecule has 0 aromatic heterocycles. The Kier molecular flexibility index (Phi) is 3.42. The maximum absolute atomic E-state index is 11.9. The molecule has 0 spiro atoms. The van der Waals surface area contributed by atoms with E-state index in [0.717, 1.165) is 0 Å². The fourth-order valence-electron chi connectivity index (χ4n) is 1.54. The van der Waals surface area contributed by atoms with Gasteiger partial charge in [-0.05, 0) is 19.8 Å². The molecule has 0 aromatic rings. The predicted octanol–water partition coefficient (Wildman–Crippen LogP) is 1.79. The van der Waals surface area contributed by atoms with Crippen molar-refractivity contribution in [3.05, 3.63) is 0 Å². The van der Waals surface area contributed by atoms with Crippen molar-refractivity contribution in [2.75, 3.05) is 19.6 Å². The van der Waals surface area contributed by atoms with E-state index >= 15 is 0 Å². The SMILES string of the molecule is CC1(O)CCN(CCC(F)(F)F)CC1. The Balaban J connectivity index is 2.23. The Bertz CT molecular complexity index is 181. The van der Waals surface area contributed by atoms with Crippen LogP contribution in [0.5, 0.6) is 0 Å². The van der Waals surface area contributed by atoms with E-state index in [2.05, 4.69) is 0 Å². The van der Waals surface area contributed by atoms with E-state index in [1.807, 2.05) is 0 Å². The van der Waals surface area contributed by atoms with Crippen LogP contribution in [0.4, 0.5) is 13.2 Å². The van der Waals surface area contributed by atoms with Gasteiger partial charge in [0.05, 0.1) is 12.0 Å². The Hall–Kier alpha value is -0.290. The molecule has 0 bridgehead atoms. The van der Waals surface area contributed by atoms with Crippen molar-refractivity contribution in [2.24, 2.45) is 0 Å². The molecule has 1 rings (SSSR count). The first-order valence-electron chi connectivity index (χ1n) is 4.80. The molecule has 1 aliphatic rings. The number of piperidine rings is 1. The molecule has 0 saturated carbocycles. The lowest BCUT2D eigenvalue weighted by Gasteiger charge is -2.35. The van der Waals surface area contributed by atoms with Gasteiger partial charge >= 0.3 is 6.18 Å². The molecule has 0 aliphatic carbocycles. The number of alkyl halides is 3. The quantitative estimate of drug-likeness (QED) is 0.752. The average molecular weight is 211 g/mol. The summed E-state index contributed by atoms with van der Waals surface area (Å²) in [6, 6.07) is 0. The van der Waals surface area contributed by atoms with Crippen molar-refractivity contribution in [3.8, 4) is 0 Å². The normalized spacial score (nSPS) is 23.8. The summed E-state index contributed by atoms with van der Waals surface area (Å²) in [7, 11) is 0. The second kappa shape index (κ2) is 4.06. The third kappa shape index (κ3) is 4.28. The van der Waals surface area contributed by atoms with Crippen LogP contribution in [0.3, 0.4) is 0 Å². The minimum absolute atomic E-state index is 0.0551. The highest BCUT2D eigenvalue weighted by Crippen LogP contribution is 2.24. The molecule has 1 heterocycles. The summed E-state index contributed by atoms with van der Waals surface area (Å²) in [4.78, 5) is 1.76. The van der Waals surface area contributed by atoms with Gasteiger partial charge in [-0.15, -0.1) is 0 Å². The van der Waals surface area contributed by atoms with E-state index in [0.29, 0.717) is 25.9 Å². The van der Waals surface area contributed by atoms with E-state index in [4.69, 9.17) is 0 Å². The maximum atomic E-state index is 11.9. The van der Waals surface area contributed by atoms with Crippen LogP contribution in [0.1, 0.15) is 26.2 Å². The van der Waals surface area contributed by atoms with Gasteiger partial charge in [-0.1, -0.05) is 0 Å². The van der Waals surface area contributed by atoms with E-state index in [9.17, 15) is 18.3 Å². The summed E-state index contributed by atoms with van der Waals surface area (Å²) < 4.78 is 35.7. The van der Waals surface area contributed by atoms with Crippen LogP contribution in [-0.2, 0) is 0 Å². The molecule has 1 fully saturated rings. The first-order valence-corrected chi connectivity index (χ1v) is 4.80. The summed E-state index contributed by atoms with van der Waals surface area (Å²) in [5, 5.41) is 9.57. The van der Waals surface area contributed by atoms with Crippen molar-refractivity contribution < 1.29 is 18.3 Å². The topological polar surface area (TPSA) is 23.5 Å². The van der Waals surface area contributed by atoms with Gasteiger partial charge in [0, 0.05) is 19.6 Å². The smallest absolute Gasteiger partial charge is 0.390 e. The van der Waals surface area contributed by atoms with Crippen LogP contribution in [0, 0.1) is 0 Å². The van der Waals surface area contributed by atoms with Crippen LogP contribution < -0.4 is 0 Å². The van der Waals surface area contributed by atoms with Gasteiger partial charge < -0.3 is 10.0 Å². The second-order valence-corrected chi connectivity index (χ2v) is 4.20. The monoisotopic (exact) mass is 211 g/mol. The number of nitrogens with zero attached hydrogens (tertiary/aromatic N) is 1. The Morgan fingerprint density at radius 1 is 1.29 bits per heavy atom. The summed E-state index contributed by atoms with van der Waals surface area (Å²) in [6.07, 6.45) is -3.70. The highest BCUT2D eigenvalue weighted by atomic mass is 19.4. The fraction of sp³-hybridized carbons (Fsp3) is 1.00. The van der Waals surface area contributed by atoms with E-state index in [1.54, 1.807) is 11.8 Å². The zero-order chi connectivity index (χ0) is 10.8. The van der Waals surface area contributed by atoms with E-state index < -0.39 is 18.2 Å². The Labute approximate surface area is 81.7 Å². The summed E-state index contributed by atoms with van der Waals surface area (Å²) in [5.74, 6) is 0. The lowest BCUT2D eigenvalue weighted by Crippen LogP contribution is -2.43. The molecule has 0 radical (unpaired) electrons. The van der Waals surface area contributed by atoms with Gasteiger partial charge in [0.15, 0.2) is 0 Å². The maximum Gasteiger partial charge on any atom is 0.390 e. The van der Waals surface area contributed by atoms with Crippen molar-refractivity contribution in [2.45, 2.75) is 38.0 Å². The van der Waals surface area contributed by atoms with Crippen molar-refractivity contribution in [1.82, 2.24) is 4.90 Å². The summed E-state index contributed by atoms with van der Waals surface area (Å²) >= 11 is 0. The van der Waals surface area contributed by atoms with Crippen LogP contribution in [0.2, 0.25) is 0 Å². The number of aliphatic hydroxyl groups is 1. The van der Waals surface area contributed by atoms with Crippen molar-refractivity contribution in [3.63, 3.8) is 0 Å². The molecule has 84 valence electrons. The molecular weight excluding hydrogens is 195 g/mol. The molecular formula is C9H16F3NO. The zero-order valence-corrected chi connectivity index (χ0v) is 8.27. The third-order valence-corrected chi connectivity index (χ3v) is 2.64. The minimum atomic E-state index is -4.07. The molecule has 1 aliphatic heterocycles. The molecule has 1 N–H and O–H groups in total. The Morgan fingerprint density at radius 3 is 2.21 bits per heavy atom. The van der Waals surface area contributed by atoms with Crippen LogP contribution in [-0.4, -0.2) is 41.4 Å². The van der Waals surface area contributed by atoms with Gasteiger partial charge in [0.25, 0.3) is 0 Å². The number of hydrogen-bond acceptors (Lipinski definition) is 2. The highest BCUT2D eigenvalue weighted by molar-refractivity contribution is 4.81. The minimum Gasteiger partial charge on any atom is -0.390 e. The van der Waals surface area contributed by atoms with Gasteiger partial charge in [0.1, 0.15) is 0 Å². The van der Waals surface area contributed by atoms with Gasteiger partial charge in [0.2, 0.25) is 0 Å². The van der Waals surface area contributed by atoms with Crippen molar-refractivity contribution in [1.29, 1.82) is 0 Å². The molecule has 0 aromatic carbocycles. The average Bonchev–Trinajstić information content (AvgIpc) is 2.01. The molecule has 14 heavy (non-hydrogen) atoms. The number of rotatable bonds is 2. The highest BCUT2D eigenvalue weighted by Gasteiger charge is 2.31. The van der Waals surface area contributed by atoms with Crippen LogP contribution in [0.15, 0.2) is 0 Å². The van der Waals surface area contributed by atoms with Gasteiger partial charge in [-0.3, -0.25) is 0 Å². The largest absolute Gasteiger partial charge is 0.390 e. The number of hydrogen-bond donors (Lipinski definition) is 1. The molecule has 0 atom stereocenters. The lowest BCUT2D eigenvalue weighted by atomic mass is 9.94. The third-order valence-electron chi connectivity index (χ3n) is 2.64. The first-order chi connectivity index (χ1) is 6.29. The second-order valence-electron chi connectivity index (χ2n) is 4.20. The number of halogens is 3.